The molecule has 0 aliphatic carbocycles. The Kier molecular flexibility index (Phi) is 10.9. The Bertz CT molecular complexity index is 485. The van der Waals surface area contributed by atoms with Gasteiger partial charge in [-0.05, 0) is 36.0 Å². The van der Waals surface area contributed by atoms with Crippen LogP contribution in [0.25, 0.3) is 6.08 Å². The number of aryl methyl sites for hydroxylation is 1. The maximum Gasteiger partial charge on any atom is 0.302 e. The van der Waals surface area contributed by atoms with Gasteiger partial charge in [-0.1, -0.05) is 82.7 Å². The number of carbonyl (C=O) groups excluding carboxylic acids is 1. The van der Waals surface area contributed by atoms with Crippen molar-refractivity contribution in [3.8, 4) is 0 Å². The molecule has 0 aliphatic heterocycles. The zero-order valence-corrected chi connectivity index (χ0v) is 15.8. The zero-order chi connectivity index (χ0) is 17.6. The van der Waals surface area contributed by atoms with Gasteiger partial charge in [-0.25, -0.2) is 0 Å². The highest BCUT2D eigenvalue weighted by atomic mass is 16.5. The quantitative estimate of drug-likeness (QED) is 0.330. The van der Waals surface area contributed by atoms with Gasteiger partial charge in [-0.3, -0.25) is 4.79 Å². The Labute approximate surface area is 148 Å². The molecular formula is C22H34O2. The minimum absolute atomic E-state index is 0.216. The summed E-state index contributed by atoms with van der Waals surface area (Å²) < 4.78 is 5.14. The predicted octanol–water partition coefficient (Wildman–Crippen LogP) is 6.34. The van der Waals surface area contributed by atoms with E-state index in [1.54, 1.807) is 0 Å². The van der Waals surface area contributed by atoms with Crippen LogP contribution >= 0.6 is 0 Å². The maximum atomic E-state index is 11.0. The fraction of sp³-hybridized carbons (Fsp3) is 0.591. The van der Waals surface area contributed by atoms with Crippen molar-refractivity contribution in [2.75, 3.05) is 6.61 Å². The fourth-order valence-electron chi connectivity index (χ4n) is 2.83. The molecule has 0 saturated heterocycles. The van der Waals surface area contributed by atoms with Crippen molar-refractivity contribution in [2.24, 2.45) is 0 Å². The molecule has 1 aromatic rings. The van der Waals surface area contributed by atoms with E-state index in [4.69, 9.17) is 4.74 Å². The fourth-order valence-corrected chi connectivity index (χ4v) is 2.83. The van der Waals surface area contributed by atoms with E-state index in [1.807, 2.05) is 0 Å². The first-order valence-electron chi connectivity index (χ1n) is 9.57. The van der Waals surface area contributed by atoms with Crippen LogP contribution in [0.1, 0.15) is 83.3 Å². The molecule has 0 N–H and O–H groups in total. The zero-order valence-electron chi connectivity index (χ0n) is 15.8. The molecule has 0 aliphatic rings. The van der Waals surface area contributed by atoms with Gasteiger partial charge in [0.1, 0.15) is 6.61 Å². The third kappa shape index (κ3) is 9.54. The minimum Gasteiger partial charge on any atom is -0.461 e. The summed E-state index contributed by atoms with van der Waals surface area (Å²) in [6.45, 7) is 6.27. The van der Waals surface area contributed by atoms with Gasteiger partial charge in [-0.15, -0.1) is 0 Å². The van der Waals surface area contributed by atoms with Crippen molar-refractivity contribution < 1.29 is 9.53 Å². The predicted molar refractivity (Wildman–Crippen MR) is 103 cm³/mol. The van der Waals surface area contributed by atoms with Gasteiger partial charge in [0.05, 0.1) is 0 Å². The Morgan fingerprint density at radius 3 is 2.25 bits per heavy atom. The Hall–Kier alpha value is -1.57. The van der Waals surface area contributed by atoms with Gasteiger partial charge in [-0.2, -0.15) is 0 Å². The second-order valence-corrected chi connectivity index (χ2v) is 6.59. The van der Waals surface area contributed by atoms with Crippen molar-refractivity contribution in [3.63, 3.8) is 0 Å². The molecule has 0 unspecified atom stereocenters. The van der Waals surface area contributed by atoms with E-state index in [2.05, 4.69) is 44.2 Å². The van der Waals surface area contributed by atoms with Crippen LogP contribution in [0.3, 0.4) is 0 Å². The highest BCUT2D eigenvalue weighted by molar-refractivity contribution is 5.66. The largest absolute Gasteiger partial charge is 0.461 e. The number of ether oxygens (including phenoxy) is 1. The van der Waals surface area contributed by atoms with E-state index >= 15 is 0 Å². The molecule has 0 saturated carbocycles. The van der Waals surface area contributed by atoms with Crippen LogP contribution in [0.2, 0.25) is 0 Å². The molecule has 0 spiro atoms. The van der Waals surface area contributed by atoms with Crippen LogP contribution in [-0.4, -0.2) is 12.6 Å². The van der Waals surface area contributed by atoms with Crippen LogP contribution in [-0.2, 0) is 16.0 Å². The molecule has 1 aromatic carbocycles. The van der Waals surface area contributed by atoms with Crippen LogP contribution in [0.4, 0.5) is 0 Å². The normalized spacial score (nSPS) is 11.5. The number of carbonyl (C=O) groups is 1. The lowest BCUT2D eigenvalue weighted by molar-refractivity contribution is -0.140. The summed E-state index contributed by atoms with van der Waals surface area (Å²) in [5.41, 5.74) is 3.79. The van der Waals surface area contributed by atoms with Gasteiger partial charge in [0.2, 0.25) is 0 Å². The monoisotopic (exact) mass is 330 g/mol. The van der Waals surface area contributed by atoms with E-state index in [-0.39, 0.29) is 5.97 Å². The summed E-state index contributed by atoms with van der Waals surface area (Å²) in [6.07, 6.45) is 13.4. The number of hydrogen-bond acceptors (Lipinski definition) is 2. The van der Waals surface area contributed by atoms with Gasteiger partial charge < -0.3 is 4.74 Å². The number of unbranched alkanes of at least 4 members (excludes halogenated alkanes) is 5. The molecule has 0 heterocycles. The van der Waals surface area contributed by atoms with E-state index in [0.717, 1.165) is 12.8 Å². The molecule has 0 bridgehead atoms. The first-order valence-corrected chi connectivity index (χ1v) is 9.57. The second-order valence-electron chi connectivity index (χ2n) is 6.59. The van der Waals surface area contributed by atoms with Crippen LogP contribution < -0.4 is 0 Å². The summed E-state index contributed by atoms with van der Waals surface area (Å²) in [7, 11) is 0. The smallest absolute Gasteiger partial charge is 0.302 e. The second kappa shape index (κ2) is 12.8. The average Bonchev–Trinajstić information content (AvgIpc) is 2.57. The molecule has 0 radical (unpaired) electrons. The van der Waals surface area contributed by atoms with E-state index < -0.39 is 0 Å². The van der Waals surface area contributed by atoms with Crippen molar-refractivity contribution in [3.05, 3.63) is 41.0 Å². The molecule has 0 amide bonds. The summed E-state index contributed by atoms with van der Waals surface area (Å²) in [5, 5.41) is 0. The highest BCUT2D eigenvalue weighted by Crippen LogP contribution is 2.15. The van der Waals surface area contributed by atoms with E-state index in [9.17, 15) is 4.79 Å². The Balaban J connectivity index is 2.46. The molecular weight excluding hydrogens is 296 g/mol. The summed E-state index contributed by atoms with van der Waals surface area (Å²) in [5.74, 6) is -0.216. The topological polar surface area (TPSA) is 26.3 Å². The van der Waals surface area contributed by atoms with Crippen LogP contribution in [0, 0.1) is 0 Å². The molecule has 2 nitrogen and oxygen atoms in total. The van der Waals surface area contributed by atoms with Crippen LogP contribution in [0.5, 0.6) is 0 Å². The van der Waals surface area contributed by atoms with Crippen LogP contribution in [0.15, 0.2) is 29.8 Å². The lowest BCUT2D eigenvalue weighted by Crippen LogP contribution is -2.03. The highest BCUT2D eigenvalue weighted by Gasteiger charge is 2.01. The molecule has 134 valence electrons. The standard InChI is InChI=1S/C22H34O2/c1-4-6-7-8-9-10-12-20-13-15-21(16-14-20)17-22(11-5-2)18-24-19(3)23/h13-17H,4-12,18H2,1-3H3/b22-17+. The molecule has 1 rings (SSSR count). The Morgan fingerprint density at radius 2 is 1.62 bits per heavy atom. The minimum atomic E-state index is -0.216. The van der Waals surface area contributed by atoms with Gasteiger partial charge in [0.25, 0.3) is 0 Å². The third-order valence-electron chi connectivity index (χ3n) is 4.20. The molecule has 24 heavy (non-hydrogen) atoms. The average molecular weight is 331 g/mol. The molecule has 0 aromatic heterocycles. The summed E-state index contributed by atoms with van der Waals surface area (Å²) >= 11 is 0. The summed E-state index contributed by atoms with van der Waals surface area (Å²) in [6, 6.07) is 8.81. The number of rotatable bonds is 12. The third-order valence-corrected chi connectivity index (χ3v) is 4.20. The Morgan fingerprint density at radius 1 is 0.958 bits per heavy atom. The lowest BCUT2D eigenvalue weighted by atomic mass is 10.0. The van der Waals surface area contributed by atoms with Crippen molar-refractivity contribution in [1.82, 2.24) is 0 Å². The van der Waals surface area contributed by atoms with Crippen molar-refractivity contribution in [2.45, 2.75) is 78.6 Å². The number of esters is 1. The maximum absolute atomic E-state index is 11.0. The lowest BCUT2D eigenvalue weighted by Gasteiger charge is -2.07. The van der Waals surface area contributed by atoms with Crippen molar-refractivity contribution in [1.29, 1.82) is 0 Å². The first kappa shape index (κ1) is 20.5. The van der Waals surface area contributed by atoms with Gasteiger partial charge in [0.15, 0.2) is 0 Å². The van der Waals surface area contributed by atoms with Gasteiger partial charge in [0, 0.05) is 6.92 Å². The molecule has 0 fully saturated rings. The van der Waals surface area contributed by atoms with E-state index in [0.29, 0.717) is 6.61 Å². The van der Waals surface area contributed by atoms with Gasteiger partial charge >= 0.3 is 5.97 Å². The first-order chi connectivity index (χ1) is 11.7. The molecule has 0 atom stereocenters. The SMILES string of the molecule is CCCCCCCCc1ccc(/C=C(\CCC)COC(C)=O)cc1. The van der Waals surface area contributed by atoms with E-state index in [1.165, 1.54) is 68.6 Å². The molecule has 2 heteroatoms. The number of benzene rings is 1. The number of hydrogen-bond donors (Lipinski definition) is 0. The summed E-state index contributed by atoms with van der Waals surface area (Å²) in [4.78, 5) is 11.0. The van der Waals surface area contributed by atoms with Crippen molar-refractivity contribution >= 4 is 12.0 Å².